The Morgan fingerprint density at radius 3 is 2.59 bits per heavy atom. The molecular weight excluding hydrogens is 214 g/mol. The summed E-state index contributed by atoms with van der Waals surface area (Å²) in [6, 6.07) is 7.90. The number of methoxy groups -OCH3 is 1. The van der Waals surface area contributed by atoms with Gasteiger partial charge in [0.05, 0.1) is 7.11 Å². The molecule has 0 amide bonds. The summed E-state index contributed by atoms with van der Waals surface area (Å²) in [6.45, 7) is 4.28. The number of hydrogen-bond donors (Lipinski definition) is 2. The van der Waals surface area contributed by atoms with Crippen LogP contribution in [0.15, 0.2) is 24.3 Å². The first-order valence-electron chi connectivity index (χ1n) is 6.10. The number of para-hydroxylation sites is 1. The van der Waals surface area contributed by atoms with E-state index in [1.165, 1.54) is 0 Å². The highest BCUT2D eigenvalue weighted by Gasteiger charge is 2.34. The van der Waals surface area contributed by atoms with E-state index in [0.717, 1.165) is 17.7 Å². The molecule has 0 radical (unpaired) electrons. The predicted octanol–water partition coefficient (Wildman–Crippen LogP) is 2.07. The molecule has 0 spiro atoms. The Morgan fingerprint density at radius 2 is 2.06 bits per heavy atom. The largest absolute Gasteiger partial charge is 0.496 e. The van der Waals surface area contributed by atoms with Gasteiger partial charge in [0.1, 0.15) is 5.75 Å². The van der Waals surface area contributed by atoms with E-state index in [4.69, 9.17) is 10.5 Å². The van der Waals surface area contributed by atoms with Crippen molar-refractivity contribution in [2.75, 3.05) is 13.7 Å². The lowest BCUT2D eigenvalue weighted by atomic mass is 9.72. The molecule has 17 heavy (non-hydrogen) atoms. The quantitative estimate of drug-likeness (QED) is 0.796. The van der Waals surface area contributed by atoms with Crippen LogP contribution in [0.4, 0.5) is 0 Å². The molecule has 1 aromatic rings. The number of nitrogens with two attached hydrogens (primary N) is 1. The highest BCUT2D eigenvalue weighted by atomic mass is 16.5. The van der Waals surface area contributed by atoms with Gasteiger partial charge >= 0.3 is 0 Å². The average Bonchev–Trinajstić information content (AvgIpc) is 2.37. The maximum absolute atomic E-state index is 9.27. The first-order chi connectivity index (χ1) is 8.10. The topological polar surface area (TPSA) is 55.5 Å². The van der Waals surface area contributed by atoms with E-state index in [9.17, 15) is 5.11 Å². The molecule has 3 N–H and O–H groups in total. The first-order valence-corrected chi connectivity index (χ1v) is 6.10. The Morgan fingerprint density at radius 1 is 1.41 bits per heavy atom. The van der Waals surface area contributed by atoms with Crippen LogP contribution < -0.4 is 10.5 Å². The van der Waals surface area contributed by atoms with Crippen molar-refractivity contribution < 1.29 is 9.84 Å². The fourth-order valence-corrected chi connectivity index (χ4v) is 2.32. The molecule has 0 fully saturated rings. The van der Waals surface area contributed by atoms with E-state index in [1.54, 1.807) is 7.11 Å². The van der Waals surface area contributed by atoms with Crippen molar-refractivity contribution in [3.05, 3.63) is 29.8 Å². The minimum atomic E-state index is -0.254. The molecule has 0 aromatic heterocycles. The van der Waals surface area contributed by atoms with Gasteiger partial charge < -0.3 is 15.6 Å². The van der Waals surface area contributed by atoms with Crippen LogP contribution in [-0.2, 0) is 5.41 Å². The van der Waals surface area contributed by atoms with Crippen molar-refractivity contribution in [3.8, 4) is 5.75 Å². The van der Waals surface area contributed by atoms with Crippen LogP contribution in [0, 0.1) is 0 Å². The van der Waals surface area contributed by atoms with Crippen LogP contribution in [0.3, 0.4) is 0 Å². The van der Waals surface area contributed by atoms with E-state index in [-0.39, 0.29) is 18.1 Å². The van der Waals surface area contributed by atoms with E-state index in [2.05, 4.69) is 13.8 Å². The third kappa shape index (κ3) is 2.79. The molecule has 0 saturated carbocycles. The van der Waals surface area contributed by atoms with Crippen LogP contribution >= 0.6 is 0 Å². The molecule has 96 valence electrons. The van der Waals surface area contributed by atoms with Gasteiger partial charge in [0, 0.05) is 23.6 Å². The Labute approximate surface area is 104 Å². The lowest BCUT2D eigenvalue weighted by Gasteiger charge is -2.36. The van der Waals surface area contributed by atoms with Crippen molar-refractivity contribution in [2.45, 2.75) is 38.1 Å². The van der Waals surface area contributed by atoms with Gasteiger partial charge in [-0.1, -0.05) is 32.0 Å². The summed E-state index contributed by atoms with van der Waals surface area (Å²) in [7, 11) is 1.66. The van der Waals surface area contributed by atoms with Crippen LogP contribution in [0.5, 0.6) is 5.75 Å². The SMILES string of the molecule is CCC(N)C(C)(CCO)c1ccccc1OC. The number of aliphatic hydroxyl groups is 1. The Kier molecular flexibility index (Phi) is 4.97. The van der Waals surface area contributed by atoms with Crippen molar-refractivity contribution in [1.29, 1.82) is 0 Å². The molecule has 0 heterocycles. The molecule has 1 aromatic carbocycles. The second-order valence-corrected chi connectivity index (χ2v) is 4.61. The summed E-state index contributed by atoms with van der Waals surface area (Å²) in [5, 5.41) is 9.27. The summed E-state index contributed by atoms with van der Waals surface area (Å²) in [5.41, 5.74) is 7.05. The summed E-state index contributed by atoms with van der Waals surface area (Å²) in [6.07, 6.45) is 1.51. The van der Waals surface area contributed by atoms with E-state index < -0.39 is 0 Å². The number of aliphatic hydroxyl groups excluding tert-OH is 1. The van der Waals surface area contributed by atoms with E-state index in [1.807, 2.05) is 24.3 Å². The monoisotopic (exact) mass is 237 g/mol. The minimum Gasteiger partial charge on any atom is -0.496 e. The first kappa shape index (κ1) is 14.0. The summed E-state index contributed by atoms with van der Waals surface area (Å²) >= 11 is 0. The van der Waals surface area contributed by atoms with Crippen LogP contribution in [0.2, 0.25) is 0 Å². The standard InChI is InChI=1S/C14H23NO2/c1-4-13(15)14(2,9-10-16)11-7-5-6-8-12(11)17-3/h5-8,13,16H,4,9-10,15H2,1-3H3. The molecule has 3 heteroatoms. The molecule has 2 unspecified atom stereocenters. The van der Waals surface area contributed by atoms with Crippen molar-refractivity contribution >= 4 is 0 Å². The number of ether oxygens (including phenoxy) is 1. The van der Waals surface area contributed by atoms with Gasteiger partial charge in [-0.05, 0) is 18.9 Å². The summed E-state index contributed by atoms with van der Waals surface area (Å²) in [5.74, 6) is 0.840. The Balaban J connectivity index is 3.21. The zero-order chi connectivity index (χ0) is 12.9. The Hall–Kier alpha value is -1.06. The van der Waals surface area contributed by atoms with Crippen molar-refractivity contribution in [2.24, 2.45) is 5.73 Å². The number of rotatable bonds is 6. The maximum atomic E-state index is 9.27. The molecule has 0 aliphatic rings. The average molecular weight is 237 g/mol. The van der Waals surface area contributed by atoms with Gasteiger partial charge in [-0.3, -0.25) is 0 Å². The third-order valence-corrected chi connectivity index (χ3v) is 3.61. The van der Waals surface area contributed by atoms with Crippen molar-refractivity contribution in [1.82, 2.24) is 0 Å². The predicted molar refractivity (Wildman–Crippen MR) is 70.3 cm³/mol. The fraction of sp³-hybridized carbons (Fsp3) is 0.571. The summed E-state index contributed by atoms with van der Waals surface area (Å²) in [4.78, 5) is 0. The smallest absolute Gasteiger partial charge is 0.122 e. The molecule has 3 nitrogen and oxygen atoms in total. The maximum Gasteiger partial charge on any atom is 0.122 e. The Bertz CT molecular complexity index is 354. The summed E-state index contributed by atoms with van der Waals surface area (Å²) < 4.78 is 5.40. The number of benzene rings is 1. The molecule has 0 aliphatic heterocycles. The normalized spacial score (nSPS) is 16.3. The molecule has 2 atom stereocenters. The molecule has 0 bridgehead atoms. The van der Waals surface area contributed by atoms with E-state index >= 15 is 0 Å². The second-order valence-electron chi connectivity index (χ2n) is 4.61. The highest BCUT2D eigenvalue weighted by Crippen LogP contribution is 2.37. The lowest BCUT2D eigenvalue weighted by molar-refractivity contribution is 0.219. The number of hydrogen-bond acceptors (Lipinski definition) is 3. The van der Waals surface area contributed by atoms with Gasteiger partial charge in [0.2, 0.25) is 0 Å². The van der Waals surface area contributed by atoms with Gasteiger partial charge in [-0.15, -0.1) is 0 Å². The van der Waals surface area contributed by atoms with Crippen molar-refractivity contribution in [3.63, 3.8) is 0 Å². The van der Waals surface area contributed by atoms with Crippen LogP contribution in [0.1, 0.15) is 32.3 Å². The molecule has 0 saturated heterocycles. The van der Waals surface area contributed by atoms with E-state index in [0.29, 0.717) is 6.42 Å². The zero-order valence-electron chi connectivity index (χ0n) is 10.9. The third-order valence-electron chi connectivity index (χ3n) is 3.61. The fourth-order valence-electron chi connectivity index (χ4n) is 2.32. The minimum absolute atomic E-state index is 0.00551. The zero-order valence-corrected chi connectivity index (χ0v) is 10.9. The van der Waals surface area contributed by atoms with Gasteiger partial charge in [0.15, 0.2) is 0 Å². The van der Waals surface area contributed by atoms with Gasteiger partial charge in [-0.2, -0.15) is 0 Å². The van der Waals surface area contributed by atoms with Crippen LogP contribution in [0.25, 0.3) is 0 Å². The van der Waals surface area contributed by atoms with Gasteiger partial charge in [-0.25, -0.2) is 0 Å². The van der Waals surface area contributed by atoms with Gasteiger partial charge in [0.25, 0.3) is 0 Å². The highest BCUT2D eigenvalue weighted by molar-refractivity contribution is 5.40. The lowest BCUT2D eigenvalue weighted by Crippen LogP contribution is -2.43. The second kappa shape index (κ2) is 6.03. The van der Waals surface area contributed by atoms with Crippen LogP contribution in [-0.4, -0.2) is 24.9 Å². The molecule has 1 rings (SSSR count). The molecule has 0 aliphatic carbocycles. The molecular formula is C14H23NO2.